The molecule has 2 aromatic rings. The van der Waals surface area contributed by atoms with Gasteiger partial charge < -0.3 is 14.6 Å². The van der Waals surface area contributed by atoms with Crippen molar-refractivity contribution in [2.24, 2.45) is 0 Å². The number of nitrogens with one attached hydrogen (secondary N) is 1. The molecule has 0 atom stereocenters. The van der Waals surface area contributed by atoms with Crippen molar-refractivity contribution < 1.29 is 14.5 Å². The number of rotatable bonds is 4. The molecule has 0 spiro atoms. The number of nitro groups is 1. The fraction of sp³-hybridized carbons (Fsp3) is 0.294. The summed E-state index contributed by atoms with van der Waals surface area (Å²) in [5, 5.41) is 22.8. The molecule has 1 heterocycles. The second-order valence-corrected chi connectivity index (χ2v) is 6.36. The van der Waals surface area contributed by atoms with E-state index in [0.717, 1.165) is 0 Å². The smallest absolute Gasteiger partial charge is 0.310 e. The summed E-state index contributed by atoms with van der Waals surface area (Å²) in [4.78, 5) is 22.9. The third kappa shape index (κ3) is 3.77. The Labute approximate surface area is 144 Å². The number of carbonyl (C=O) groups is 1. The summed E-state index contributed by atoms with van der Waals surface area (Å²) in [5.41, 5.74) is 0.0724. The zero-order valence-corrected chi connectivity index (χ0v) is 14.4. The van der Waals surface area contributed by atoms with Crippen LogP contribution in [0.4, 0.5) is 11.5 Å². The van der Waals surface area contributed by atoms with Crippen molar-refractivity contribution in [1.29, 1.82) is 5.26 Å². The quantitative estimate of drug-likeness (QED) is 0.677. The molecule has 1 amide bonds. The number of nitro benzene ring substituents is 1. The Bertz CT molecular complexity index is 872. The Kier molecular flexibility index (Phi) is 4.79. The van der Waals surface area contributed by atoms with Crippen molar-refractivity contribution in [1.82, 2.24) is 4.57 Å². The molecule has 0 radical (unpaired) electrons. The van der Waals surface area contributed by atoms with Crippen molar-refractivity contribution in [2.45, 2.75) is 26.3 Å². The molecule has 1 aromatic heterocycles. The normalized spacial score (nSPS) is 10.8. The van der Waals surface area contributed by atoms with Crippen LogP contribution in [0, 0.1) is 21.4 Å². The maximum Gasteiger partial charge on any atom is 0.310 e. The van der Waals surface area contributed by atoms with Gasteiger partial charge in [-0.3, -0.25) is 14.9 Å². The molecule has 8 nitrogen and oxygen atoms in total. The Morgan fingerprint density at radius 3 is 2.56 bits per heavy atom. The van der Waals surface area contributed by atoms with Crippen LogP contribution in [-0.4, -0.2) is 22.5 Å². The van der Waals surface area contributed by atoms with Gasteiger partial charge >= 0.3 is 5.69 Å². The fourth-order valence-electron chi connectivity index (χ4n) is 2.33. The van der Waals surface area contributed by atoms with Crippen molar-refractivity contribution in [2.75, 3.05) is 12.4 Å². The first-order valence-corrected chi connectivity index (χ1v) is 7.44. The van der Waals surface area contributed by atoms with Crippen molar-refractivity contribution in [3.63, 3.8) is 0 Å². The molecule has 25 heavy (non-hydrogen) atoms. The van der Waals surface area contributed by atoms with E-state index in [9.17, 15) is 14.9 Å². The predicted octanol–water partition coefficient (Wildman–Crippen LogP) is 3.28. The lowest BCUT2D eigenvalue weighted by Gasteiger charge is -2.24. The number of amides is 1. The van der Waals surface area contributed by atoms with E-state index in [1.807, 2.05) is 26.8 Å². The zero-order valence-electron chi connectivity index (χ0n) is 14.4. The number of carbonyl (C=O) groups excluding carboxylic acids is 1. The van der Waals surface area contributed by atoms with Crippen LogP contribution in [0.15, 0.2) is 30.5 Å². The van der Waals surface area contributed by atoms with Gasteiger partial charge in [-0.15, -0.1) is 0 Å². The van der Waals surface area contributed by atoms with Gasteiger partial charge in [0.05, 0.1) is 17.6 Å². The third-order valence-corrected chi connectivity index (χ3v) is 3.55. The molecular weight excluding hydrogens is 324 g/mol. The number of hydrogen-bond acceptors (Lipinski definition) is 5. The predicted molar refractivity (Wildman–Crippen MR) is 91.7 cm³/mol. The van der Waals surface area contributed by atoms with E-state index in [4.69, 9.17) is 10.00 Å². The number of nitriles is 1. The van der Waals surface area contributed by atoms with Crippen LogP contribution in [0.2, 0.25) is 0 Å². The van der Waals surface area contributed by atoms with Crippen LogP contribution >= 0.6 is 0 Å². The second kappa shape index (κ2) is 6.65. The lowest BCUT2D eigenvalue weighted by Crippen LogP contribution is -2.24. The van der Waals surface area contributed by atoms with Gasteiger partial charge in [0.2, 0.25) is 0 Å². The molecule has 0 fully saturated rings. The average Bonchev–Trinajstić information content (AvgIpc) is 2.97. The van der Waals surface area contributed by atoms with Gasteiger partial charge in [-0.05, 0) is 32.9 Å². The Hall–Kier alpha value is -3.34. The Morgan fingerprint density at radius 2 is 2.04 bits per heavy atom. The third-order valence-electron chi connectivity index (χ3n) is 3.55. The van der Waals surface area contributed by atoms with Gasteiger partial charge in [-0.1, -0.05) is 0 Å². The fourth-order valence-corrected chi connectivity index (χ4v) is 2.33. The molecule has 0 aliphatic carbocycles. The van der Waals surface area contributed by atoms with Crippen LogP contribution in [-0.2, 0) is 5.54 Å². The summed E-state index contributed by atoms with van der Waals surface area (Å²) in [6, 6.07) is 7.50. The standard InChI is InChI=1S/C17H18N4O4/c1-17(2,3)20-10-11(9-18)7-15(20)19-16(22)12-5-6-13(21(23)24)14(8-12)25-4/h5-8,10H,1-4H3,(H,19,22). The van der Waals surface area contributed by atoms with E-state index in [2.05, 4.69) is 5.32 Å². The first-order chi connectivity index (χ1) is 11.7. The van der Waals surface area contributed by atoms with E-state index in [1.165, 1.54) is 25.3 Å². The van der Waals surface area contributed by atoms with E-state index in [1.54, 1.807) is 16.8 Å². The summed E-state index contributed by atoms with van der Waals surface area (Å²) >= 11 is 0. The SMILES string of the molecule is COc1cc(C(=O)Nc2cc(C#N)cn2C(C)(C)C)ccc1[N+](=O)[O-]. The minimum atomic E-state index is -0.579. The molecule has 1 N–H and O–H groups in total. The molecule has 0 saturated carbocycles. The van der Waals surface area contributed by atoms with Gasteiger partial charge in [0, 0.05) is 29.4 Å². The molecule has 0 aliphatic heterocycles. The highest BCUT2D eigenvalue weighted by atomic mass is 16.6. The highest BCUT2D eigenvalue weighted by Crippen LogP contribution is 2.29. The molecule has 0 unspecified atom stereocenters. The molecule has 0 saturated heterocycles. The molecule has 1 aromatic carbocycles. The molecule has 130 valence electrons. The number of nitrogens with zero attached hydrogens (tertiary/aromatic N) is 3. The minimum absolute atomic E-state index is 0.00145. The minimum Gasteiger partial charge on any atom is -0.490 e. The summed E-state index contributed by atoms with van der Waals surface area (Å²) in [5.74, 6) is 0.00854. The highest BCUT2D eigenvalue weighted by Gasteiger charge is 2.21. The largest absolute Gasteiger partial charge is 0.490 e. The number of ether oxygens (including phenoxy) is 1. The topological polar surface area (TPSA) is 110 Å². The lowest BCUT2D eigenvalue weighted by molar-refractivity contribution is -0.385. The molecular formula is C17H18N4O4. The Balaban J connectivity index is 2.36. The van der Waals surface area contributed by atoms with Gasteiger partial charge in [-0.25, -0.2) is 0 Å². The van der Waals surface area contributed by atoms with Gasteiger partial charge in [0.25, 0.3) is 5.91 Å². The summed E-state index contributed by atoms with van der Waals surface area (Å²) in [6.07, 6.45) is 1.66. The number of anilines is 1. The zero-order chi connectivity index (χ0) is 18.8. The molecule has 2 rings (SSSR count). The van der Waals surface area contributed by atoms with Gasteiger partial charge in [-0.2, -0.15) is 5.26 Å². The van der Waals surface area contributed by atoms with E-state index >= 15 is 0 Å². The lowest BCUT2D eigenvalue weighted by atomic mass is 10.1. The summed E-state index contributed by atoms with van der Waals surface area (Å²) in [6.45, 7) is 5.83. The number of benzene rings is 1. The average molecular weight is 342 g/mol. The van der Waals surface area contributed by atoms with Crippen LogP contribution in [0.25, 0.3) is 0 Å². The van der Waals surface area contributed by atoms with E-state index < -0.39 is 10.8 Å². The number of methoxy groups -OCH3 is 1. The molecule has 0 aliphatic rings. The maximum atomic E-state index is 12.5. The monoisotopic (exact) mass is 342 g/mol. The number of aromatic nitrogens is 1. The number of hydrogen-bond donors (Lipinski definition) is 1. The summed E-state index contributed by atoms with van der Waals surface area (Å²) < 4.78 is 6.76. The van der Waals surface area contributed by atoms with Crippen LogP contribution in [0.3, 0.4) is 0 Å². The van der Waals surface area contributed by atoms with Gasteiger partial charge in [0.1, 0.15) is 11.9 Å². The van der Waals surface area contributed by atoms with E-state index in [-0.39, 0.29) is 22.5 Å². The summed E-state index contributed by atoms with van der Waals surface area (Å²) in [7, 11) is 1.30. The van der Waals surface area contributed by atoms with Crippen molar-refractivity contribution >= 4 is 17.4 Å². The first-order valence-electron chi connectivity index (χ1n) is 7.44. The van der Waals surface area contributed by atoms with E-state index in [0.29, 0.717) is 11.4 Å². The maximum absolute atomic E-state index is 12.5. The van der Waals surface area contributed by atoms with Crippen molar-refractivity contribution in [3.8, 4) is 11.8 Å². The Morgan fingerprint density at radius 1 is 1.36 bits per heavy atom. The van der Waals surface area contributed by atoms with Crippen LogP contribution < -0.4 is 10.1 Å². The van der Waals surface area contributed by atoms with Crippen LogP contribution in [0.1, 0.15) is 36.7 Å². The molecule has 8 heteroatoms. The first kappa shape index (κ1) is 18.0. The molecule has 0 bridgehead atoms. The second-order valence-electron chi connectivity index (χ2n) is 6.36. The van der Waals surface area contributed by atoms with Gasteiger partial charge in [0.15, 0.2) is 5.75 Å². The van der Waals surface area contributed by atoms with Crippen molar-refractivity contribution in [3.05, 3.63) is 51.7 Å². The van der Waals surface area contributed by atoms with Crippen LogP contribution in [0.5, 0.6) is 5.75 Å². The highest BCUT2D eigenvalue weighted by molar-refractivity contribution is 6.04.